The second-order valence-corrected chi connectivity index (χ2v) is 6.89. The molecule has 0 saturated carbocycles. The van der Waals surface area contributed by atoms with Crippen molar-refractivity contribution in [3.05, 3.63) is 89.8 Å². The Morgan fingerprint density at radius 1 is 0.903 bits per heavy atom. The molecule has 0 radical (unpaired) electrons. The lowest BCUT2D eigenvalue weighted by atomic mass is 10.1. The summed E-state index contributed by atoms with van der Waals surface area (Å²) in [4.78, 5) is 11.7. The van der Waals surface area contributed by atoms with E-state index in [9.17, 15) is 9.18 Å². The maximum atomic E-state index is 12.9. The van der Waals surface area contributed by atoms with Gasteiger partial charge in [0.15, 0.2) is 11.9 Å². The molecule has 0 aromatic heterocycles. The van der Waals surface area contributed by atoms with Crippen molar-refractivity contribution in [1.82, 2.24) is 0 Å². The summed E-state index contributed by atoms with van der Waals surface area (Å²) in [5.41, 5.74) is 1.60. The van der Waals surface area contributed by atoms with Crippen LogP contribution < -0.4 is 4.74 Å². The van der Waals surface area contributed by atoms with E-state index < -0.39 is 6.10 Å². The Kier molecular flexibility index (Phi) is 20.3. The topological polar surface area (TPSA) is 26.3 Å². The molecule has 0 aliphatic carbocycles. The molecule has 31 heavy (non-hydrogen) atoms. The van der Waals surface area contributed by atoms with Gasteiger partial charge in [-0.2, -0.15) is 0 Å². The number of hydrogen-bond acceptors (Lipinski definition) is 2. The standard InChI is InChI=1S/C16H15FO2.C6H10.2C3H8/c1-11-5-3-4-6-15(11)19-16(12(2)18)13-7-9-14(17)10-8-13;1-3-5-6-4-2;2*1-3-2/h3-10,16H,1-2H3;3-6H,1-2H3;2*3H2,1-2H3/b;5-3-,6-4-;;. The minimum absolute atomic E-state index is 0.116. The van der Waals surface area contributed by atoms with E-state index >= 15 is 0 Å². The third-order valence-corrected chi connectivity index (χ3v) is 3.38. The van der Waals surface area contributed by atoms with Gasteiger partial charge in [0, 0.05) is 5.56 Å². The predicted octanol–water partition coefficient (Wildman–Crippen LogP) is 8.81. The van der Waals surface area contributed by atoms with Gasteiger partial charge < -0.3 is 4.74 Å². The molecule has 1 atom stereocenters. The van der Waals surface area contributed by atoms with E-state index in [0.717, 1.165) is 5.56 Å². The first kappa shape index (κ1) is 30.5. The van der Waals surface area contributed by atoms with E-state index in [1.807, 2.05) is 69.3 Å². The number of para-hydroxylation sites is 1. The molecule has 0 aliphatic rings. The van der Waals surface area contributed by atoms with Crippen molar-refractivity contribution in [1.29, 1.82) is 0 Å². The first-order valence-corrected chi connectivity index (χ1v) is 11.0. The molecular weight excluding hydrogens is 387 g/mol. The van der Waals surface area contributed by atoms with Crippen molar-refractivity contribution < 1.29 is 13.9 Å². The number of aryl methyl sites for hydroxylation is 1. The second kappa shape index (κ2) is 20.6. The third-order valence-electron chi connectivity index (χ3n) is 3.38. The second-order valence-electron chi connectivity index (χ2n) is 6.89. The number of ketones is 1. The lowest BCUT2D eigenvalue weighted by molar-refractivity contribution is -0.123. The van der Waals surface area contributed by atoms with Crippen molar-refractivity contribution in [2.24, 2.45) is 0 Å². The van der Waals surface area contributed by atoms with Crippen LogP contribution in [-0.4, -0.2) is 5.78 Å². The van der Waals surface area contributed by atoms with Crippen molar-refractivity contribution in [2.45, 2.75) is 74.3 Å². The Hall–Kier alpha value is -2.68. The Morgan fingerprint density at radius 2 is 1.35 bits per heavy atom. The van der Waals surface area contributed by atoms with Gasteiger partial charge in [0.1, 0.15) is 11.6 Å². The van der Waals surface area contributed by atoms with Gasteiger partial charge in [-0.25, -0.2) is 4.39 Å². The molecule has 0 bridgehead atoms. The summed E-state index contributed by atoms with van der Waals surface area (Å²) in [5.74, 6) is 0.212. The molecule has 2 nitrogen and oxygen atoms in total. The maximum absolute atomic E-state index is 12.9. The summed E-state index contributed by atoms with van der Waals surface area (Å²) in [6, 6.07) is 13.3. The fourth-order valence-corrected chi connectivity index (χ4v) is 2.06. The summed E-state index contributed by atoms with van der Waals surface area (Å²) in [6.45, 7) is 15.9. The third kappa shape index (κ3) is 15.8. The highest BCUT2D eigenvalue weighted by Gasteiger charge is 2.19. The number of ether oxygens (including phenoxy) is 1. The molecule has 0 amide bonds. The molecule has 0 aliphatic heterocycles. The maximum Gasteiger partial charge on any atom is 0.181 e. The summed E-state index contributed by atoms with van der Waals surface area (Å²) in [5, 5.41) is 0. The van der Waals surface area contributed by atoms with Gasteiger partial charge in [-0.15, -0.1) is 0 Å². The van der Waals surface area contributed by atoms with Crippen molar-refractivity contribution >= 4 is 5.78 Å². The highest BCUT2D eigenvalue weighted by molar-refractivity contribution is 5.82. The zero-order chi connectivity index (χ0) is 24.1. The van der Waals surface area contributed by atoms with Gasteiger partial charge >= 0.3 is 0 Å². The van der Waals surface area contributed by atoms with Crippen LogP contribution in [0.2, 0.25) is 0 Å². The fraction of sp³-hybridized carbons (Fsp3) is 0.393. The van der Waals surface area contributed by atoms with Gasteiger partial charge in [0.2, 0.25) is 0 Å². The highest BCUT2D eigenvalue weighted by Crippen LogP contribution is 2.25. The molecule has 3 heteroatoms. The summed E-state index contributed by atoms with van der Waals surface area (Å²) < 4.78 is 18.7. The van der Waals surface area contributed by atoms with E-state index in [4.69, 9.17) is 4.74 Å². The monoisotopic (exact) mass is 428 g/mol. The molecule has 2 rings (SSSR count). The lowest BCUT2D eigenvalue weighted by Crippen LogP contribution is -2.16. The molecule has 0 spiro atoms. The van der Waals surface area contributed by atoms with Gasteiger partial charge in [-0.3, -0.25) is 4.79 Å². The van der Waals surface area contributed by atoms with Gasteiger partial charge in [-0.1, -0.05) is 95.2 Å². The van der Waals surface area contributed by atoms with E-state index in [0.29, 0.717) is 11.3 Å². The Labute approximate surface area is 189 Å². The van der Waals surface area contributed by atoms with Crippen LogP contribution in [0.5, 0.6) is 5.75 Å². The zero-order valence-electron chi connectivity index (χ0n) is 20.6. The molecule has 172 valence electrons. The number of carbonyl (C=O) groups excluding carboxylic acids is 1. The van der Waals surface area contributed by atoms with Crippen molar-refractivity contribution in [3.63, 3.8) is 0 Å². The first-order valence-electron chi connectivity index (χ1n) is 11.0. The molecule has 0 saturated heterocycles. The van der Waals surface area contributed by atoms with Crippen LogP contribution >= 0.6 is 0 Å². The molecule has 2 aromatic carbocycles. The highest BCUT2D eigenvalue weighted by atomic mass is 19.1. The number of hydrogen-bond donors (Lipinski definition) is 0. The Bertz CT molecular complexity index is 734. The average molecular weight is 429 g/mol. The molecule has 1 unspecified atom stereocenters. The molecule has 0 fully saturated rings. The van der Waals surface area contributed by atoms with Gasteiger partial charge in [0.05, 0.1) is 0 Å². The summed E-state index contributed by atoms with van der Waals surface area (Å²) in [6.07, 6.45) is 9.79. The largest absolute Gasteiger partial charge is 0.478 e. The lowest BCUT2D eigenvalue weighted by Gasteiger charge is -2.18. The number of halogens is 1. The fourth-order valence-electron chi connectivity index (χ4n) is 2.06. The van der Waals surface area contributed by atoms with Gasteiger partial charge in [-0.05, 0) is 51.5 Å². The first-order chi connectivity index (χ1) is 14.8. The van der Waals surface area contributed by atoms with Crippen molar-refractivity contribution in [2.75, 3.05) is 0 Å². The molecule has 0 heterocycles. The van der Waals surface area contributed by atoms with E-state index in [-0.39, 0.29) is 11.6 Å². The van der Waals surface area contributed by atoms with Crippen molar-refractivity contribution in [3.8, 4) is 5.75 Å². The Morgan fingerprint density at radius 3 is 1.74 bits per heavy atom. The van der Waals surface area contributed by atoms with E-state index in [1.165, 1.54) is 31.9 Å². The number of Topliss-reactive ketones (excluding diaryl/α,β-unsaturated/α-hetero) is 1. The van der Waals surface area contributed by atoms with E-state index in [2.05, 4.69) is 27.7 Å². The van der Waals surface area contributed by atoms with Crippen LogP contribution in [0, 0.1) is 12.7 Å². The van der Waals surface area contributed by atoms with Crippen LogP contribution in [0.3, 0.4) is 0 Å². The average Bonchev–Trinajstić information content (AvgIpc) is 2.74. The van der Waals surface area contributed by atoms with Crippen LogP contribution in [0.4, 0.5) is 4.39 Å². The zero-order valence-corrected chi connectivity index (χ0v) is 20.6. The number of allylic oxidation sites excluding steroid dienone is 4. The summed E-state index contributed by atoms with van der Waals surface area (Å²) >= 11 is 0. The smallest absolute Gasteiger partial charge is 0.181 e. The number of carbonyl (C=O) groups is 1. The predicted molar refractivity (Wildman–Crippen MR) is 133 cm³/mol. The van der Waals surface area contributed by atoms with Crippen LogP contribution in [0.25, 0.3) is 0 Å². The van der Waals surface area contributed by atoms with Crippen LogP contribution in [0.1, 0.15) is 78.5 Å². The molecule has 2 aromatic rings. The SMILES string of the molecule is C/C=C\C=C/C.CC(=O)C(Oc1ccccc1C)c1ccc(F)cc1.CCC.CCC. The van der Waals surface area contributed by atoms with Gasteiger partial charge in [0.25, 0.3) is 0 Å². The Balaban J connectivity index is 0. The quantitative estimate of drug-likeness (QED) is 0.445. The normalized spacial score (nSPS) is 10.7. The molecule has 0 N–H and O–H groups in total. The molecular formula is C28H41FO2. The van der Waals surface area contributed by atoms with Crippen LogP contribution in [0.15, 0.2) is 72.8 Å². The van der Waals surface area contributed by atoms with Crippen LogP contribution in [-0.2, 0) is 4.79 Å². The van der Waals surface area contributed by atoms with E-state index in [1.54, 1.807) is 12.1 Å². The minimum atomic E-state index is -0.707. The number of rotatable bonds is 5. The number of benzene rings is 2. The summed E-state index contributed by atoms with van der Waals surface area (Å²) in [7, 11) is 0. The minimum Gasteiger partial charge on any atom is -0.478 e.